The number of hydrogen-bond acceptors (Lipinski definition) is 3. The summed E-state index contributed by atoms with van der Waals surface area (Å²) in [6, 6.07) is 19.1. The molecule has 1 N–H and O–H groups in total. The lowest BCUT2D eigenvalue weighted by Crippen LogP contribution is -2.54. The molecule has 0 aromatic heterocycles. The van der Waals surface area contributed by atoms with Crippen LogP contribution >= 0.6 is 0 Å². The lowest BCUT2D eigenvalue weighted by atomic mass is 9.87. The number of benzene rings is 2. The third-order valence-electron chi connectivity index (χ3n) is 6.49. The number of carbonyl (C=O) groups is 1. The summed E-state index contributed by atoms with van der Waals surface area (Å²) in [4.78, 5) is 17.7. The highest BCUT2D eigenvalue weighted by atomic mass is 16.2. The second-order valence-electron chi connectivity index (χ2n) is 8.48. The van der Waals surface area contributed by atoms with Crippen molar-refractivity contribution < 1.29 is 4.79 Å². The molecule has 158 valence electrons. The van der Waals surface area contributed by atoms with Crippen LogP contribution in [0.2, 0.25) is 0 Å². The van der Waals surface area contributed by atoms with Gasteiger partial charge in [0.1, 0.15) is 0 Å². The molecule has 1 heterocycles. The number of piperazine rings is 1. The molecule has 1 saturated heterocycles. The first kappa shape index (κ1) is 20.8. The number of nitrogens with one attached hydrogen (secondary N) is 1. The van der Waals surface area contributed by atoms with Gasteiger partial charge in [-0.25, -0.2) is 0 Å². The van der Waals surface area contributed by atoms with Crippen LogP contribution in [-0.2, 0) is 11.2 Å². The SMILES string of the molecule is C[C@@H](C(=O)N[C@H]1CCCc2ccccc21)N1CCN(C/C=C/c2ccccc2)CC1. The summed E-state index contributed by atoms with van der Waals surface area (Å²) in [7, 11) is 0. The molecule has 2 aromatic rings. The summed E-state index contributed by atoms with van der Waals surface area (Å²) < 4.78 is 0. The van der Waals surface area contributed by atoms with Gasteiger partial charge in [-0.05, 0) is 42.9 Å². The van der Waals surface area contributed by atoms with Crippen LogP contribution in [0.5, 0.6) is 0 Å². The van der Waals surface area contributed by atoms with E-state index in [0.29, 0.717) is 0 Å². The Morgan fingerprint density at radius 3 is 2.60 bits per heavy atom. The van der Waals surface area contributed by atoms with Crippen LogP contribution in [0.25, 0.3) is 6.08 Å². The van der Waals surface area contributed by atoms with Crippen LogP contribution in [0.4, 0.5) is 0 Å². The Balaban J connectivity index is 1.25. The fourth-order valence-corrected chi connectivity index (χ4v) is 4.60. The highest BCUT2D eigenvalue weighted by Gasteiger charge is 2.28. The second-order valence-corrected chi connectivity index (χ2v) is 8.48. The number of aryl methyl sites for hydroxylation is 1. The summed E-state index contributed by atoms with van der Waals surface area (Å²) >= 11 is 0. The minimum absolute atomic E-state index is 0.0823. The molecule has 2 aliphatic rings. The highest BCUT2D eigenvalue weighted by molar-refractivity contribution is 5.81. The van der Waals surface area contributed by atoms with E-state index in [1.807, 2.05) is 6.07 Å². The molecule has 0 unspecified atom stereocenters. The van der Waals surface area contributed by atoms with Crippen molar-refractivity contribution in [2.75, 3.05) is 32.7 Å². The molecule has 2 atom stereocenters. The van der Waals surface area contributed by atoms with Gasteiger partial charge in [0.05, 0.1) is 12.1 Å². The van der Waals surface area contributed by atoms with Crippen LogP contribution in [0.15, 0.2) is 60.7 Å². The van der Waals surface area contributed by atoms with Crippen molar-refractivity contribution in [3.63, 3.8) is 0 Å². The maximum Gasteiger partial charge on any atom is 0.237 e. The molecule has 0 saturated carbocycles. The van der Waals surface area contributed by atoms with Gasteiger partial charge >= 0.3 is 0 Å². The molecular formula is C26H33N3O. The first-order chi connectivity index (χ1) is 14.7. The van der Waals surface area contributed by atoms with Gasteiger partial charge in [0, 0.05) is 32.7 Å². The third kappa shape index (κ3) is 5.18. The average molecular weight is 404 g/mol. The molecule has 4 rings (SSSR count). The van der Waals surface area contributed by atoms with Gasteiger partial charge in [-0.1, -0.05) is 66.7 Å². The topological polar surface area (TPSA) is 35.6 Å². The summed E-state index contributed by atoms with van der Waals surface area (Å²) in [5.41, 5.74) is 3.93. The fraction of sp³-hybridized carbons (Fsp3) is 0.423. The van der Waals surface area contributed by atoms with Crippen LogP contribution in [0.1, 0.15) is 42.5 Å². The Morgan fingerprint density at radius 1 is 1.07 bits per heavy atom. The van der Waals surface area contributed by atoms with Gasteiger partial charge < -0.3 is 5.32 Å². The number of rotatable bonds is 6. The van der Waals surface area contributed by atoms with Crippen molar-refractivity contribution in [1.29, 1.82) is 0 Å². The standard InChI is InChI=1S/C26H33N3O/c1-21(26(30)27-25-15-7-13-23-12-5-6-14-24(23)25)29-19-17-28(18-20-29)16-8-11-22-9-3-2-4-10-22/h2-6,8-12,14,21,25H,7,13,15-20H2,1H3,(H,27,30)/b11-8+/t21-,25-/m0/s1. The average Bonchev–Trinajstić information content (AvgIpc) is 2.80. The number of nitrogens with zero attached hydrogens (tertiary/aromatic N) is 2. The molecule has 0 spiro atoms. The largest absolute Gasteiger partial charge is 0.348 e. The van der Waals surface area contributed by atoms with E-state index in [-0.39, 0.29) is 18.0 Å². The zero-order valence-corrected chi connectivity index (χ0v) is 18.0. The zero-order valence-electron chi connectivity index (χ0n) is 18.0. The van der Waals surface area contributed by atoms with Crippen LogP contribution in [0.3, 0.4) is 0 Å². The zero-order chi connectivity index (χ0) is 20.8. The van der Waals surface area contributed by atoms with E-state index in [1.165, 1.54) is 16.7 Å². The van der Waals surface area contributed by atoms with Crippen molar-refractivity contribution in [2.24, 2.45) is 0 Å². The molecule has 4 heteroatoms. The van der Waals surface area contributed by atoms with E-state index in [9.17, 15) is 4.79 Å². The summed E-state index contributed by atoms with van der Waals surface area (Å²) in [6.45, 7) is 6.90. The normalized spacial score (nSPS) is 21.3. The summed E-state index contributed by atoms with van der Waals surface area (Å²) in [5.74, 6) is 0.161. The molecule has 4 nitrogen and oxygen atoms in total. The van der Waals surface area contributed by atoms with E-state index in [0.717, 1.165) is 52.0 Å². The minimum atomic E-state index is -0.0823. The third-order valence-corrected chi connectivity index (χ3v) is 6.49. The first-order valence-corrected chi connectivity index (χ1v) is 11.3. The highest BCUT2D eigenvalue weighted by Crippen LogP contribution is 2.29. The Labute approximate surface area is 180 Å². The number of amides is 1. The molecule has 1 aliphatic carbocycles. The molecule has 1 aliphatic heterocycles. The smallest absolute Gasteiger partial charge is 0.237 e. The summed E-state index contributed by atoms with van der Waals surface area (Å²) in [5, 5.41) is 3.33. The summed E-state index contributed by atoms with van der Waals surface area (Å²) in [6.07, 6.45) is 7.73. The Hall–Kier alpha value is -2.43. The molecule has 0 radical (unpaired) electrons. The van der Waals surface area contributed by atoms with Gasteiger partial charge in [0.2, 0.25) is 5.91 Å². The molecule has 1 amide bonds. The molecule has 30 heavy (non-hydrogen) atoms. The Kier molecular flexibility index (Phi) is 6.98. The molecule has 1 fully saturated rings. The second kappa shape index (κ2) is 10.1. The predicted octanol–water partition coefficient (Wildman–Crippen LogP) is 3.90. The minimum Gasteiger partial charge on any atom is -0.348 e. The maximum atomic E-state index is 13.0. The van der Waals surface area contributed by atoms with Crippen molar-refractivity contribution in [1.82, 2.24) is 15.1 Å². The van der Waals surface area contributed by atoms with Gasteiger partial charge in [-0.3, -0.25) is 14.6 Å². The molecule has 0 bridgehead atoms. The monoisotopic (exact) mass is 403 g/mol. The van der Waals surface area contributed by atoms with E-state index >= 15 is 0 Å². The molecule has 2 aromatic carbocycles. The van der Waals surface area contributed by atoms with Gasteiger partial charge in [0.15, 0.2) is 0 Å². The fourth-order valence-electron chi connectivity index (χ4n) is 4.60. The van der Waals surface area contributed by atoms with Crippen LogP contribution in [-0.4, -0.2) is 54.5 Å². The lowest BCUT2D eigenvalue weighted by molar-refractivity contribution is -0.127. The van der Waals surface area contributed by atoms with Crippen molar-refractivity contribution in [2.45, 2.75) is 38.3 Å². The van der Waals surface area contributed by atoms with Gasteiger partial charge in [-0.15, -0.1) is 0 Å². The Morgan fingerprint density at radius 2 is 1.80 bits per heavy atom. The van der Waals surface area contributed by atoms with Gasteiger partial charge in [-0.2, -0.15) is 0 Å². The number of fused-ring (bicyclic) bond motifs is 1. The Bertz CT molecular complexity index is 856. The molecular weight excluding hydrogens is 370 g/mol. The quantitative estimate of drug-likeness (QED) is 0.795. The van der Waals surface area contributed by atoms with Gasteiger partial charge in [0.25, 0.3) is 0 Å². The van der Waals surface area contributed by atoms with Crippen LogP contribution in [0, 0.1) is 0 Å². The lowest BCUT2D eigenvalue weighted by Gasteiger charge is -2.37. The van der Waals surface area contributed by atoms with E-state index in [1.54, 1.807) is 0 Å². The predicted molar refractivity (Wildman–Crippen MR) is 123 cm³/mol. The maximum absolute atomic E-state index is 13.0. The first-order valence-electron chi connectivity index (χ1n) is 11.3. The van der Waals surface area contributed by atoms with Crippen LogP contribution < -0.4 is 5.32 Å². The van der Waals surface area contributed by atoms with Crippen molar-refractivity contribution in [3.8, 4) is 0 Å². The number of carbonyl (C=O) groups excluding carboxylic acids is 1. The number of hydrogen-bond donors (Lipinski definition) is 1. The van der Waals surface area contributed by atoms with E-state index in [4.69, 9.17) is 0 Å². The van der Waals surface area contributed by atoms with Crippen molar-refractivity contribution in [3.05, 3.63) is 77.4 Å². The van der Waals surface area contributed by atoms with E-state index < -0.39 is 0 Å². The van der Waals surface area contributed by atoms with Crippen molar-refractivity contribution >= 4 is 12.0 Å². The van der Waals surface area contributed by atoms with E-state index in [2.05, 4.69) is 82.7 Å².